The van der Waals surface area contributed by atoms with Gasteiger partial charge in [0.05, 0.1) is 10.4 Å². The molecule has 0 spiro atoms. The third-order valence-electron chi connectivity index (χ3n) is 5.39. The van der Waals surface area contributed by atoms with Gasteiger partial charge in [-0.2, -0.15) is 4.31 Å². The van der Waals surface area contributed by atoms with Crippen molar-refractivity contribution in [1.82, 2.24) is 14.2 Å². The SMILES string of the molecule is O=C(NCc1ccc(S(=O)(=O)N2CCCCCC2)cc1)n1ccc2ccccc21. The molecule has 0 bridgehead atoms. The molecule has 2 aromatic carbocycles. The Balaban J connectivity index is 1.42. The van der Waals surface area contributed by atoms with Crippen LogP contribution in [0.5, 0.6) is 0 Å². The van der Waals surface area contributed by atoms with Gasteiger partial charge in [0, 0.05) is 31.2 Å². The Morgan fingerprint density at radius 1 is 0.897 bits per heavy atom. The second kappa shape index (κ2) is 8.39. The Labute approximate surface area is 171 Å². The maximum absolute atomic E-state index is 12.9. The van der Waals surface area contributed by atoms with Crippen LogP contribution in [0.2, 0.25) is 0 Å². The van der Waals surface area contributed by atoms with Crippen molar-refractivity contribution in [3.63, 3.8) is 0 Å². The van der Waals surface area contributed by atoms with E-state index in [2.05, 4.69) is 5.32 Å². The number of carbonyl (C=O) groups is 1. The number of amides is 1. The van der Waals surface area contributed by atoms with Crippen molar-refractivity contribution in [2.75, 3.05) is 13.1 Å². The van der Waals surface area contributed by atoms with Gasteiger partial charge in [-0.05, 0) is 42.7 Å². The maximum Gasteiger partial charge on any atom is 0.326 e. The predicted octanol–water partition coefficient (Wildman–Crippen LogP) is 3.96. The summed E-state index contributed by atoms with van der Waals surface area (Å²) in [5.74, 6) is 0. The van der Waals surface area contributed by atoms with Crippen LogP contribution < -0.4 is 5.32 Å². The summed E-state index contributed by atoms with van der Waals surface area (Å²) in [6, 6.07) is 16.2. The van der Waals surface area contributed by atoms with Crippen LogP contribution in [0.25, 0.3) is 10.9 Å². The predicted molar refractivity (Wildman–Crippen MR) is 113 cm³/mol. The number of nitrogens with one attached hydrogen (secondary N) is 1. The second-order valence-corrected chi connectivity index (χ2v) is 9.30. The van der Waals surface area contributed by atoms with Crippen LogP contribution in [0.15, 0.2) is 65.7 Å². The minimum Gasteiger partial charge on any atom is -0.333 e. The summed E-state index contributed by atoms with van der Waals surface area (Å²) in [6.45, 7) is 1.51. The van der Waals surface area contributed by atoms with E-state index in [4.69, 9.17) is 0 Å². The number of rotatable bonds is 4. The van der Waals surface area contributed by atoms with E-state index in [0.717, 1.165) is 42.1 Å². The van der Waals surface area contributed by atoms with Gasteiger partial charge in [0.15, 0.2) is 0 Å². The number of hydrogen-bond donors (Lipinski definition) is 1. The molecule has 0 unspecified atom stereocenters. The van der Waals surface area contributed by atoms with Crippen LogP contribution in [0.3, 0.4) is 0 Å². The number of carbonyl (C=O) groups excluding carboxylic acids is 1. The first-order valence-corrected chi connectivity index (χ1v) is 11.4. The van der Waals surface area contributed by atoms with Crippen LogP contribution in [-0.2, 0) is 16.6 Å². The smallest absolute Gasteiger partial charge is 0.326 e. The zero-order chi connectivity index (χ0) is 20.3. The molecule has 1 aliphatic heterocycles. The Bertz CT molecular complexity index is 1100. The molecule has 4 rings (SSSR count). The standard InChI is InChI=1S/C22H25N3O3S/c26-22(25-16-13-19-7-3-4-8-21(19)25)23-17-18-9-11-20(12-10-18)29(27,28)24-14-5-1-2-6-15-24/h3-4,7-13,16H,1-2,5-6,14-15,17H2,(H,23,26). The Hall–Kier alpha value is -2.64. The van der Waals surface area contributed by atoms with Gasteiger partial charge in [-0.3, -0.25) is 4.57 Å². The molecule has 2 heterocycles. The second-order valence-electron chi connectivity index (χ2n) is 7.37. The minimum absolute atomic E-state index is 0.215. The zero-order valence-corrected chi connectivity index (χ0v) is 17.1. The highest BCUT2D eigenvalue weighted by atomic mass is 32.2. The number of para-hydroxylation sites is 1. The van der Waals surface area contributed by atoms with Crippen LogP contribution in [0.1, 0.15) is 31.2 Å². The van der Waals surface area contributed by atoms with Gasteiger partial charge in [-0.25, -0.2) is 13.2 Å². The molecule has 1 fully saturated rings. The van der Waals surface area contributed by atoms with Crippen molar-refractivity contribution in [2.45, 2.75) is 37.1 Å². The molecule has 1 amide bonds. The lowest BCUT2D eigenvalue weighted by atomic mass is 10.2. The van der Waals surface area contributed by atoms with E-state index in [1.54, 1.807) is 39.3 Å². The molecule has 0 atom stereocenters. The molecule has 29 heavy (non-hydrogen) atoms. The summed E-state index contributed by atoms with van der Waals surface area (Å²) in [7, 11) is -3.45. The van der Waals surface area contributed by atoms with E-state index in [0.29, 0.717) is 24.5 Å². The topological polar surface area (TPSA) is 71.4 Å². The first kappa shape index (κ1) is 19.7. The molecule has 7 heteroatoms. The molecule has 0 radical (unpaired) electrons. The van der Waals surface area contributed by atoms with Crippen molar-refractivity contribution in [1.29, 1.82) is 0 Å². The molecule has 152 valence electrons. The van der Waals surface area contributed by atoms with Gasteiger partial charge in [0.1, 0.15) is 0 Å². The van der Waals surface area contributed by atoms with Crippen molar-refractivity contribution in [3.8, 4) is 0 Å². The molecule has 3 aromatic rings. The fourth-order valence-corrected chi connectivity index (χ4v) is 5.25. The van der Waals surface area contributed by atoms with Gasteiger partial charge < -0.3 is 5.32 Å². The van der Waals surface area contributed by atoms with Crippen molar-refractivity contribution >= 4 is 27.0 Å². The van der Waals surface area contributed by atoms with Gasteiger partial charge in [0.25, 0.3) is 0 Å². The number of benzene rings is 2. The first-order chi connectivity index (χ1) is 14.1. The maximum atomic E-state index is 12.9. The average Bonchev–Trinajstić information content (AvgIpc) is 2.97. The van der Waals surface area contributed by atoms with Gasteiger partial charge in [0.2, 0.25) is 10.0 Å². The first-order valence-electron chi connectivity index (χ1n) is 9.99. The highest BCUT2D eigenvalue weighted by Gasteiger charge is 2.24. The number of hydrogen-bond acceptors (Lipinski definition) is 3. The molecule has 1 aromatic heterocycles. The molecule has 1 aliphatic rings. The lowest BCUT2D eigenvalue weighted by Crippen LogP contribution is -2.32. The highest BCUT2D eigenvalue weighted by Crippen LogP contribution is 2.21. The third kappa shape index (κ3) is 4.21. The summed E-state index contributed by atoms with van der Waals surface area (Å²) < 4.78 is 28.9. The lowest BCUT2D eigenvalue weighted by Gasteiger charge is -2.20. The highest BCUT2D eigenvalue weighted by molar-refractivity contribution is 7.89. The largest absolute Gasteiger partial charge is 0.333 e. The fraction of sp³-hybridized carbons (Fsp3) is 0.318. The molecular formula is C22H25N3O3S. The van der Waals surface area contributed by atoms with Crippen LogP contribution in [-0.4, -0.2) is 36.4 Å². The van der Waals surface area contributed by atoms with E-state index < -0.39 is 10.0 Å². The van der Waals surface area contributed by atoms with E-state index in [1.807, 2.05) is 30.3 Å². The van der Waals surface area contributed by atoms with Crippen LogP contribution in [0, 0.1) is 0 Å². The van der Waals surface area contributed by atoms with Crippen LogP contribution in [0.4, 0.5) is 4.79 Å². The summed E-state index contributed by atoms with van der Waals surface area (Å²) in [5.41, 5.74) is 1.70. The fourth-order valence-electron chi connectivity index (χ4n) is 3.73. The molecule has 6 nitrogen and oxygen atoms in total. The minimum atomic E-state index is -3.45. The van der Waals surface area contributed by atoms with Gasteiger partial charge in [-0.1, -0.05) is 43.2 Å². The Morgan fingerprint density at radius 2 is 1.59 bits per heavy atom. The summed E-state index contributed by atoms with van der Waals surface area (Å²) in [5, 5.41) is 3.89. The summed E-state index contributed by atoms with van der Waals surface area (Å²) in [6.07, 6.45) is 5.74. The van der Waals surface area contributed by atoms with E-state index in [1.165, 1.54) is 0 Å². The third-order valence-corrected chi connectivity index (χ3v) is 7.30. The lowest BCUT2D eigenvalue weighted by molar-refractivity contribution is 0.243. The number of sulfonamides is 1. The monoisotopic (exact) mass is 411 g/mol. The Kier molecular flexibility index (Phi) is 5.69. The van der Waals surface area contributed by atoms with Crippen molar-refractivity contribution in [3.05, 3.63) is 66.4 Å². The number of aromatic nitrogens is 1. The van der Waals surface area contributed by atoms with Crippen molar-refractivity contribution in [2.24, 2.45) is 0 Å². The molecule has 1 N–H and O–H groups in total. The van der Waals surface area contributed by atoms with E-state index in [9.17, 15) is 13.2 Å². The van der Waals surface area contributed by atoms with Gasteiger partial charge in [-0.15, -0.1) is 0 Å². The molecular weight excluding hydrogens is 386 g/mol. The van der Waals surface area contributed by atoms with Crippen LogP contribution >= 0.6 is 0 Å². The quantitative estimate of drug-likeness (QED) is 0.706. The van der Waals surface area contributed by atoms with E-state index in [-0.39, 0.29) is 6.03 Å². The summed E-state index contributed by atoms with van der Waals surface area (Å²) >= 11 is 0. The number of fused-ring (bicyclic) bond motifs is 1. The molecule has 0 aliphatic carbocycles. The van der Waals surface area contributed by atoms with E-state index >= 15 is 0 Å². The number of nitrogens with zero attached hydrogens (tertiary/aromatic N) is 2. The normalized spacial score (nSPS) is 15.9. The zero-order valence-electron chi connectivity index (χ0n) is 16.3. The Morgan fingerprint density at radius 3 is 2.31 bits per heavy atom. The van der Waals surface area contributed by atoms with Crippen molar-refractivity contribution < 1.29 is 13.2 Å². The summed E-state index contributed by atoms with van der Waals surface area (Å²) in [4.78, 5) is 12.8. The molecule has 0 saturated carbocycles. The van der Waals surface area contributed by atoms with Gasteiger partial charge >= 0.3 is 6.03 Å². The molecule has 1 saturated heterocycles. The average molecular weight is 412 g/mol.